The zero-order chi connectivity index (χ0) is 12.4. The molecule has 0 fully saturated rings. The average molecular weight is 245 g/mol. The van der Waals surface area contributed by atoms with Gasteiger partial charge in [-0.05, 0) is 19.0 Å². The summed E-state index contributed by atoms with van der Waals surface area (Å²) in [5.74, 6) is 2.35. The van der Waals surface area contributed by atoms with Gasteiger partial charge in [-0.1, -0.05) is 23.4 Å². The van der Waals surface area contributed by atoms with Crippen LogP contribution in [0.5, 0.6) is 5.75 Å². The summed E-state index contributed by atoms with van der Waals surface area (Å²) >= 11 is 0. The Labute approximate surface area is 105 Å². The van der Waals surface area contributed by atoms with E-state index in [9.17, 15) is 0 Å². The number of hydrogen-bond acceptors (Lipinski definition) is 5. The number of aromatic nitrogens is 2. The van der Waals surface area contributed by atoms with Gasteiger partial charge in [-0.25, -0.2) is 0 Å². The third-order valence-corrected chi connectivity index (χ3v) is 3.09. The summed E-state index contributed by atoms with van der Waals surface area (Å²) in [5, 5.41) is 4.04. The highest BCUT2D eigenvalue weighted by Crippen LogP contribution is 2.36. The van der Waals surface area contributed by atoms with E-state index in [0.717, 1.165) is 24.2 Å². The van der Waals surface area contributed by atoms with Crippen LogP contribution in [0.1, 0.15) is 29.6 Å². The van der Waals surface area contributed by atoms with Gasteiger partial charge in [-0.3, -0.25) is 0 Å². The third kappa shape index (κ3) is 1.97. The molecule has 5 nitrogen and oxygen atoms in total. The molecule has 0 amide bonds. The molecular weight excluding hydrogens is 230 g/mol. The van der Waals surface area contributed by atoms with Crippen molar-refractivity contribution in [2.24, 2.45) is 5.73 Å². The van der Waals surface area contributed by atoms with Crippen molar-refractivity contribution in [2.75, 3.05) is 13.2 Å². The van der Waals surface area contributed by atoms with Crippen LogP contribution in [0, 0.1) is 0 Å². The number of benzene rings is 1. The largest absolute Gasteiger partial charge is 0.492 e. The van der Waals surface area contributed by atoms with Gasteiger partial charge in [0.15, 0.2) is 5.82 Å². The van der Waals surface area contributed by atoms with Crippen molar-refractivity contribution >= 4 is 0 Å². The van der Waals surface area contributed by atoms with Gasteiger partial charge in [0, 0.05) is 12.0 Å². The summed E-state index contributed by atoms with van der Waals surface area (Å²) in [4.78, 5) is 4.42. The maximum atomic E-state index is 5.61. The van der Waals surface area contributed by atoms with Crippen molar-refractivity contribution in [1.29, 1.82) is 0 Å². The molecule has 0 radical (unpaired) electrons. The molecule has 0 saturated carbocycles. The number of nitrogens with zero attached hydrogens (tertiary/aromatic N) is 2. The Morgan fingerprint density at radius 2 is 2.22 bits per heavy atom. The number of fused-ring (bicyclic) bond motifs is 1. The van der Waals surface area contributed by atoms with Gasteiger partial charge in [0.2, 0.25) is 5.89 Å². The van der Waals surface area contributed by atoms with Gasteiger partial charge in [0.05, 0.1) is 5.92 Å². The van der Waals surface area contributed by atoms with Crippen molar-refractivity contribution in [2.45, 2.75) is 18.8 Å². The smallest absolute Gasteiger partial charge is 0.226 e. The summed E-state index contributed by atoms with van der Waals surface area (Å²) in [6.07, 6.45) is 1.60. The van der Waals surface area contributed by atoms with Crippen LogP contribution in [0.15, 0.2) is 28.8 Å². The van der Waals surface area contributed by atoms with Crippen LogP contribution in [0.25, 0.3) is 0 Å². The van der Waals surface area contributed by atoms with Crippen LogP contribution in [-0.2, 0) is 6.42 Å². The SMILES string of the molecule is NCCCc1nc(C2COc3ccccc32)no1. The van der Waals surface area contributed by atoms with E-state index >= 15 is 0 Å². The van der Waals surface area contributed by atoms with Crippen LogP contribution in [0.2, 0.25) is 0 Å². The van der Waals surface area contributed by atoms with E-state index in [4.69, 9.17) is 15.0 Å². The first kappa shape index (κ1) is 11.2. The van der Waals surface area contributed by atoms with Crippen molar-refractivity contribution < 1.29 is 9.26 Å². The molecule has 2 aromatic rings. The molecule has 2 heterocycles. The second kappa shape index (κ2) is 4.78. The molecule has 2 N–H and O–H groups in total. The van der Waals surface area contributed by atoms with Crippen LogP contribution < -0.4 is 10.5 Å². The lowest BCUT2D eigenvalue weighted by Gasteiger charge is -2.01. The number of para-hydroxylation sites is 1. The highest BCUT2D eigenvalue weighted by atomic mass is 16.5. The van der Waals surface area contributed by atoms with Gasteiger partial charge in [-0.15, -0.1) is 0 Å². The molecule has 3 rings (SSSR count). The average Bonchev–Trinajstić information content (AvgIpc) is 3.02. The maximum Gasteiger partial charge on any atom is 0.226 e. The maximum absolute atomic E-state index is 5.61. The molecule has 0 saturated heterocycles. The summed E-state index contributed by atoms with van der Waals surface area (Å²) < 4.78 is 10.8. The first-order valence-electron chi connectivity index (χ1n) is 6.13. The fourth-order valence-electron chi connectivity index (χ4n) is 2.14. The second-order valence-corrected chi connectivity index (χ2v) is 4.34. The van der Waals surface area contributed by atoms with E-state index in [-0.39, 0.29) is 5.92 Å². The molecule has 0 spiro atoms. The predicted octanol–water partition coefficient (Wildman–Crippen LogP) is 1.49. The monoisotopic (exact) mass is 245 g/mol. The first-order valence-corrected chi connectivity index (χ1v) is 6.13. The Morgan fingerprint density at radius 3 is 3.11 bits per heavy atom. The zero-order valence-electron chi connectivity index (χ0n) is 10.0. The van der Waals surface area contributed by atoms with Gasteiger partial charge >= 0.3 is 0 Å². The van der Waals surface area contributed by atoms with Crippen LogP contribution in [-0.4, -0.2) is 23.3 Å². The Kier molecular flexibility index (Phi) is 2.98. The van der Waals surface area contributed by atoms with Crippen molar-refractivity contribution in [3.8, 4) is 5.75 Å². The van der Waals surface area contributed by atoms with Gasteiger partial charge in [0.1, 0.15) is 12.4 Å². The molecule has 1 aliphatic heterocycles. The van der Waals surface area contributed by atoms with Crippen molar-refractivity contribution in [3.63, 3.8) is 0 Å². The van der Waals surface area contributed by atoms with E-state index in [1.165, 1.54) is 0 Å². The predicted molar refractivity (Wildman–Crippen MR) is 65.5 cm³/mol. The molecule has 1 atom stereocenters. The number of nitrogens with two attached hydrogens (primary N) is 1. The first-order chi connectivity index (χ1) is 8.88. The molecule has 1 unspecified atom stereocenters. The summed E-state index contributed by atoms with van der Waals surface area (Å²) in [6.45, 7) is 1.21. The molecule has 1 aromatic carbocycles. The molecule has 94 valence electrons. The van der Waals surface area contributed by atoms with E-state index in [2.05, 4.69) is 10.1 Å². The minimum atomic E-state index is 0.0802. The summed E-state index contributed by atoms with van der Waals surface area (Å²) in [6, 6.07) is 7.97. The van der Waals surface area contributed by atoms with Crippen molar-refractivity contribution in [1.82, 2.24) is 10.1 Å². The molecule has 0 aliphatic carbocycles. The quantitative estimate of drug-likeness (QED) is 0.883. The van der Waals surface area contributed by atoms with Gasteiger partial charge in [0.25, 0.3) is 0 Å². The van der Waals surface area contributed by atoms with E-state index < -0.39 is 0 Å². The lowest BCUT2D eigenvalue weighted by Crippen LogP contribution is -2.05. The molecular formula is C13H15N3O2. The molecule has 5 heteroatoms. The van der Waals surface area contributed by atoms with E-state index in [1.54, 1.807) is 0 Å². The standard InChI is InChI=1S/C13H15N3O2/c14-7-3-6-12-15-13(16-18-12)10-8-17-11-5-2-1-4-9(10)11/h1-2,4-5,10H,3,6-8,14H2. The number of ether oxygens (including phenoxy) is 1. The lowest BCUT2D eigenvalue weighted by molar-refractivity contribution is 0.331. The summed E-state index contributed by atoms with van der Waals surface area (Å²) in [5.41, 5.74) is 6.59. The Morgan fingerprint density at radius 1 is 1.33 bits per heavy atom. The Bertz CT molecular complexity index is 539. The number of aryl methyl sites for hydroxylation is 1. The van der Waals surface area contributed by atoms with Crippen LogP contribution in [0.4, 0.5) is 0 Å². The topological polar surface area (TPSA) is 74.2 Å². The van der Waals surface area contributed by atoms with E-state index in [0.29, 0.717) is 24.9 Å². The Hall–Kier alpha value is -1.88. The van der Waals surface area contributed by atoms with Crippen molar-refractivity contribution in [3.05, 3.63) is 41.5 Å². The lowest BCUT2D eigenvalue weighted by atomic mass is 10.0. The fourth-order valence-corrected chi connectivity index (χ4v) is 2.14. The number of rotatable bonds is 4. The minimum absolute atomic E-state index is 0.0802. The fraction of sp³-hybridized carbons (Fsp3) is 0.385. The summed E-state index contributed by atoms with van der Waals surface area (Å²) in [7, 11) is 0. The van der Waals surface area contributed by atoms with Gasteiger partial charge < -0.3 is 15.0 Å². The highest BCUT2D eigenvalue weighted by Gasteiger charge is 2.29. The third-order valence-electron chi connectivity index (χ3n) is 3.09. The molecule has 0 bridgehead atoms. The van der Waals surface area contributed by atoms with Gasteiger partial charge in [-0.2, -0.15) is 4.98 Å². The van der Waals surface area contributed by atoms with Crippen LogP contribution >= 0.6 is 0 Å². The Balaban J connectivity index is 1.82. The van der Waals surface area contributed by atoms with Crippen LogP contribution in [0.3, 0.4) is 0 Å². The minimum Gasteiger partial charge on any atom is -0.492 e. The molecule has 18 heavy (non-hydrogen) atoms. The second-order valence-electron chi connectivity index (χ2n) is 4.34. The number of hydrogen-bond donors (Lipinski definition) is 1. The molecule has 1 aliphatic rings. The molecule has 1 aromatic heterocycles. The zero-order valence-corrected chi connectivity index (χ0v) is 10.0. The highest BCUT2D eigenvalue weighted by molar-refractivity contribution is 5.42. The normalized spacial score (nSPS) is 17.5. The van der Waals surface area contributed by atoms with E-state index in [1.807, 2.05) is 24.3 Å².